The van der Waals surface area contributed by atoms with Crippen LogP contribution in [0.25, 0.3) is 0 Å². The monoisotopic (exact) mass is 379 g/mol. The molecule has 0 amide bonds. The highest BCUT2D eigenvalue weighted by molar-refractivity contribution is 5.23. The van der Waals surface area contributed by atoms with Gasteiger partial charge >= 0.3 is 11.6 Å². The molecule has 9 heteroatoms. The van der Waals surface area contributed by atoms with Crippen molar-refractivity contribution in [1.82, 2.24) is 9.55 Å². The molecule has 27 heavy (non-hydrogen) atoms. The minimum atomic E-state index is -3.69. The Balaban J connectivity index is 1.61. The Morgan fingerprint density at radius 2 is 2.07 bits per heavy atom. The van der Waals surface area contributed by atoms with Crippen LogP contribution in [0.2, 0.25) is 0 Å². The number of allylic oxidation sites excluding steroid dienone is 1. The maximum atomic E-state index is 14.3. The molecule has 1 saturated heterocycles. The number of nitrogens with two attached hydrogens (primary N) is 1. The number of benzene rings is 1. The molecular weight excluding hydrogens is 360 g/mol. The molecule has 1 aromatic carbocycles. The third-order valence-electron chi connectivity index (χ3n) is 4.13. The molecule has 0 aliphatic carbocycles. The van der Waals surface area contributed by atoms with Crippen LogP contribution in [-0.2, 0) is 15.9 Å². The van der Waals surface area contributed by atoms with Crippen LogP contribution >= 0.6 is 0 Å². The molecule has 0 unspecified atom stereocenters. The zero-order valence-corrected chi connectivity index (χ0v) is 14.2. The van der Waals surface area contributed by atoms with Crippen molar-refractivity contribution in [3.63, 3.8) is 0 Å². The fraction of sp³-hybridized carbons (Fsp3) is 0.333. The van der Waals surface area contributed by atoms with E-state index in [9.17, 15) is 18.7 Å². The highest BCUT2D eigenvalue weighted by atomic mass is 19.3. The molecule has 3 atom stereocenters. The Bertz CT molecular complexity index is 857. The quantitative estimate of drug-likeness (QED) is 0.738. The average Bonchev–Trinajstić information content (AvgIpc) is 2.86. The smallest absolute Gasteiger partial charge is 0.351 e. The molecule has 144 valence electrons. The van der Waals surface area contributed by atoms with Crippen molar-refractivity contribution in [1.29, 1.82) is 0 Å². The van der Waals surface area contributed by atoms with Gasteiger partial charge in [0.15, 0.2) is 6.10 Å². The first-order chi connectivity index (χ1) is 12.9. The zero-order chi connectivity index (χ0) is 19.4. The second kappa shape index (κ2) is 7.85. The summed E-state index contributed by atoms with van der Waals surface area (Å²) >= 11 is 0. The van der Waals surface area contributed by atoms with Crippen LogP contribution in [0.15, 0.2) is 59.7 Å². The highest BCUT2D eigenvalue weighted by Gasteiger charge is 2.59. The molecule has 0 bridgehead atoms. The predicted molar refractivity (Wildman–Crippen MR) is 93.0 cm³/mol. The summed E-state index contributed by atoms with van der Waals surface area (Å²) in [6.07, 6.45) is -0.675. The Labute approximate surface area is 153 Å². The summed E-state index contributed by atoms with van der Waals surface area (Å²) in [5.74, 6) is -3.79. The molecule has 0 saturated carbocycles. The van der Waals surface area contributed by atoms with Gasteiger partial charge in [-0.15, -0.1) is 0 Å². The Morgan fingerprint density at radius 1 is 1.33 bits per heavy atom. The van der Waals surface area contributed by atoms with Gasteiger partial charge in [-0.1, -0.05) is 30.3 Å². The number of aliphatic hydroxyl groups excluding tert-OH is 1. The fourth-order valence-corrected chi connectivity index (χ4v) is 2.73. The van der Waals surface area contributed by atoms with E-state index in [1.54, 1.807) is 6.08 Å². The number of hydrogen-bond acceptors (Lipinski definition) is 6. The Hall–Kier alpha value is -2.78. The van der Waals surface area contributed by atoms with E-state index in [0.29, 0.717) is 11.0 Å². The summed E-state index contributed by atoms with van der Waals surface area (Å²) in [5, 5.41) is 9.89. The van der Waals surface area contributed by atoms with E-state index in [2.05, 4.69) is 4.98 Å². The van der Waals surface area contributed by atoms with Crippen LogP contribution in [0, 0.1) is 0 Å². The molecule has 1 aromatic heterocycles. The van der Waals surface area contributed by atoms with Gasteiger partial charge in [-0.2, -0.15) is 13.8 Å². The molecule has 2 aromatic rings. The average molecular weight is 379 g/mol. The van der Waals surface area contributed by atoms with Crippen molar-refractivity contribution in [2.75, 3.05) is 12.3 Å². The van der Waals surface area contributed by atoms with E-state index < -0.39 is 30.0 Å². The van der Waals surface area contributed by atoms with Crippen molar-refractivity contribution in [2.24, 2.45) is 0 Å². The van der Waals surface area contributed by atoms with Gasteiger partial charge in [-0.3, -0.25) is 4.57 Å². The Morgan fingerprint density at radius 3 is 2.78 bits per heavy atom. The molecule has 7 nitrogen and oxygen atoms in total. The molecule has 1 aliphatic rings. The van der Waals surface area contributed by atoms with E-state index in [-0.39, 0.29) is 12.4 Å². The van der Waals surface area contributed by atoms with Crippen LogP contribution in [0.5, 0.6) is 0 Å². The lowest BCUT2D eigenvalue weighted by Gasteiger charge is -2.20. The van der Waals surface area contributed by atoms with Crippen molar-refractivity contribution < 1.29 is 23.4 Å². The van der Waals surface area contributed by atoms with Gasteiger partial charge in [0.05, 0.1) is 6.26 Å². The molecule has 1 aliphatic heterocycles. The largest absolute Gasteiger partial charge is 0.499 e. The van der Waals surface area contributed by atoms with Crippen molar-refractivity contribution in [2.45, 2.75) is 30.8 Å². The number of nitrogen functional groups attached to an aromatic ring is 1. The number of anilines is 1. The second-order valence-electron chi connectivity index (χ2n) is 6.08. The third kappa shape index (κ3) is 4.15. The lowest BCUT2D eigenvalue weighted by molar-refractivity contribution is -0.141. The number of aromatic nitrogens is 2. The van der Waals surface area contributed by atoms with Gasteiger partial charge in [0.2, 0.25) is 6.23 Å². The van der Waals surface area contributed by atoms with Crippen molar-refractivity contribution >= 4 is 5.82 Å². The summed E-state index contributed by atoms with van der Waals surface area (Å²) in [4.78, 5) is 15.2. The van der Waals surface area contributed by atoms with E-state index >= 15 is 0 Å². The minimum absolute atomic E-state index is 0.0958. The first-order valence-corrected chi connectivity index (χ1v) is 8.26. The maximum absolute atomic E-state index is 14.3. The number of alkyl halides is 2. The number of ether oxygens (including phenoxy) is 2. The number of halogens is 2. The second-order valence-corrected chi connectivity index (χ2v) is 6.08. The van der Waals surface area contributed by atoms with Gasteiger partial charge in [0.1, 0.15) is 18.5 Å². The first-order valence-electron chi connectivity index (χ1n) is 8.26. The molecular formula is C18H19F2N3O4. The molecule has 3 rings (SSSR count). The lowest BCUT2D eigenvalue weighted by atomic mass is 10.1. The van der Waals surface area contributed by atoms with Crippen LogP contribution in [-0.4, -0.2) is 39.4 Å². The number of rotatable bonds is 6. The molecule has 3 N–H and O–H groups in total. The summed E-state index contributed by atoms with van der Waals surface area (Å²) < 4.78 is 39.7. The topological polar surface area (TPSA) is 99.6 Å². The Kier molecular flexibility index (Phi) is 5.52. The van der Waals surface area contributed by atoms with Crippen LogP contribution in [0.4, 0.5) is 14.6 Å². The van der Waals surface area contributed by atoms with E-state index in [0.717, 1.165) is 11.8 Å². The molecule has 0 spiro atoms. The number of aliphatic hydroxyl groups is 1. The molecule has 2 heterocycles. The van der Waals surface area contributed by atoms with Crippen molar-refractivity contribution in [3.8, 4) is 0 Å². The van der Waals surface area contributed by atoms with Gasteiger partial charge < -0.3 is 20.3 Å². The van der Waals surface area contributed by atoms with E-state index in [4.69, 9.17) is 15.2 Å². The van der Waals surface area contributed by atoms with Crippen LogP contribution in [0.3, 0.4) is 0 Å². The number of nitrogens with zero attached hydrogens (tertiary/aromatic N) is 2. The molecule has 1 fully saturated rings. The van der Waals surface area contributed by atoms with Crippen molar-refractivity contribution in [3.05, 3.63) is 71.0 Å². The SMILES string of the molecule is Nc1ccn([C@@H]2O[C@H](COC=CCc3ccccc3)[C@@H](O)C2(F)F)c(=O)n1. The van der Waals surface area contributed by atoms with Gasteiger partial charge in [-0.05, 0) is 24.1 Å². The van der Waals surface area contributed by atoms with E-state index in [1.165, 1.54) is 12.3 Å². The van der Waals surface area contributed by atoms with Gasteiger partial charge in [0, 0.05) is 6.20 Å². The van der Waals surface area contributed by atoms with Crippen LogP contribution < -0.4 is 11.4 Å². The summed E-state index contributed by atoms with van der Waals surface area (Å²) in [5.41, 5.74) is 5.43. The molecule has 0 radical (unpaired) electrons. The predicted octanol–water partition coefficient (Wildman–Crippen LogP) is 1.49. The fourth-order valence-electron chi connectivity index (χ4n) is 2.73. The maximum Gasteiger partial charge on any atom is 0.351 e. The highest BCUT2D eigenvalue weighted by Crippen LogP contribution is 2.42. The normalized spacial score (nSPS) is 24.3. The van der Waals surface area contributed by atoms with Gasteiger partial charge in [0.25, 0.3) is 0 Å². The summed E-state index contributed by atoms with van der Waals surface area (Å²) in [6, 6.07) is 10.8. The van der Waals surface area contributed by atoms with Gasteiger partial charge in [-0.25, -0.2) is 4.79 Å². The standard InChI is InChI=1S/C18H19F2N3O4/c19-18(20)15(24)13(11-26-10-4-7-12-5-2-1-3-6-12)27-16(18)23-9-8-14(21)22-17(23)25/h1-6,8-10,13,15-16,24H,7,11H2,(H2,21,22,25)/t13-,15-,16-/m1/s1. The lowest BCUT2D eigenvalue weighted by Crippen LogP contribution is -2.41. The summed E-state index contributed by atoms with van der Waals surface area (Å²) in [6.45, 7) is -0.296. The third-order valence-corrected chi connectivity index (χ3v) is 4.13. The van der Waals surface area contributed by atoms with E-state index in [1.807, 2.05) is 30.3 Å². The number of hydrogen-bond donors (Lipinski definition) is 2. The summed E-state index contributed by atoms with van der Waals surface area (Å²) in [7, 11) is 0. The van der Waals surface area contributed by atoms with Crippen LogP contribution in [0.1, 0.15) is 11.8 Å². The first kappa shape index (κ1) is 19.0. The minimum Gasteiger partial charge on any atom is -0.499 e. The zero-order valence-electron chi connectivity index (χ0n) is 14.2.